The van der Waals surface area contributed by atoms with E-state index in [1.165, 1.54) is 0 Å². The van der Waals surface area contributed by atoms with E-state index in [9.17, 15) is 9.90 Å². The van der Waals surface area contributed by atoms with Gasteiger partial charge in [-0.25, -0.2) is 0 Å². The Labute approximate surface area is 135 Å². The molecular formula is C16H22ClNO2S. The van der Waals surface area contributed by atoms with Crippen LogP contribution >= 0.6 is 23.4 Å². The summed E-state index contributed by atoms with van der Waals surface area (Å²) in [7, 11) is 0. The molecule has 1 aromatic carbocycles. The first-order chi connectivity index (χ1) is 9.90. The monoisotopic (exact) mass is 327 g/mol. The van der Waals surface area contributed by atoms with Gasteiger partial charge >= 0.3 is 5.97 Å². The second kappa shape index (κ2) is 7.03. The van der Waals surface area contributed by atoms with Crippen molar-refractivity contribution in [2.45, 2.75) is 55.7 Å². The Morgan fingerprint density at radius 3 is 2.76 bits per heavy atom. The molecule has 1 aromatic rings. The average molecular weight is 328 g/mol. The minimum Gasteiger partial charge on any atom is -0.480 e. The van der Waals surface area contributed by atoms with E-state index in [0.717, 1.165) is 29.2 Å². The minimum atomic E-state index is -0.839. The van der Waals surface area contributed by atoms with Crippen LogP contribution in [0.15, 0.2) is 24.3 Å². The van der Waals surface area contributed by atoms with E-state index < -0.39 is 11.5 Å². The van der Waals surface area contributed by atoms with Crippen LogP contribution in [-0.2, 0) is 10.5 Å². The van der Waals surface area contributed by atoms with Crippen LogP contribution in [0.4, 0.5) is 0 Å². The maximum Gasteiger partial charge on any atom is 0.323 e. The standard InChI is InChI=1S/C16H22ClNO2S/c1-11(21-10-12-5-3-4-6-14(12)17)9-16(2,15(19)20)18-13-7-8-13/h3-6,11,13,18H,7-10H2,1-2H3,(H,19,20). The molecule has 1 fully saturated rings. The molecule has 5 heteroatoms. The van der Waals surface area contributed by atoms with Gasteiger partial charge in [-0.15, -0.1) is 0 Å². The van der Waals surface area contributed by atoms with Crippen molar-refractivity contribution in [2.75, 3.05) is 0 Å². The fraction of sp³-hybridized carbons (Fsp3) is 0.562. The first-order valence-corrected chi connectivity index (χ1v) is 8.69. The van der Waals surface area contributed by atoms with E-state index in [4.69, 9.17) is 11.6 Å². The number of halogens is 1. The summed E-state index contributed by atoms with van der Waals surface area (Å²) in [6.07, 6.45) is 2.78. The number of aliphatic carboxylic acids is 1. The molecule has 2 unspecified atom stereocenters. The third-order valence-electron chi connectivity index (χ3n) is 3.75. The quantitative estimate of drug-likeness (QED) is 0.759. The Balaban J connectivity index is 1.88. The lowest BCUT2D eigenvalue weighted by atomic mass is 9.96. The smallest absolute Gasteiger partial charge is 0.323 e. The molecule has 1 aliphatic carbocycles. The predicted octanol–water partition coefficient (Wildman–Crippen LogP) is 3.95. The number of hydrogen-bond donors (Lipinski definition) is 2. The van der Waals surface area contributed by atoms with Gasteiger partial charge < -0.3 is 5.11 Å². The summed E-state index contributed by atoms with van der Waals surface area (Å²) in [5, 5.41) is 13.8. The van der Waals surface area contributed by atoms with Crippen LogP contribution in [0, 0.1) is 0 Å². The van der Waals surface area contributed by atoms with Crippen LogP contribution in [-0.4, -0.2) is 27.9 Å². The van der Waals surface area contributed by atoms with Crippen molar-refractivity contribution in [3.05, 3.63) is 34.9 Å². The van der Waals surface area contributed by atoms with Crippen molar-refractivity contribution in [3.8, 4) is 0 Å². The Morgan fingerprint density at radius 2 is 2.19 bits per heavy atom. The van der Waals surface area contributed by atoms with Crippen molar-refractivity contribution in [1.82, 2.24) is 5.32 Å². The van der Waals surface area contributed by atoms with E-state index in [0.29, 0.717) is 12.5 Å². The highest BCUT2D eigenvalue weighted by molar-refractivity contribution is 7.99. The molecule has 0 amide bonds. The lowest BCUT2D eigenvalue weighted by molar-refractivity contribution is -0.144. The van der Waals surface area contributed by atoms with Crippen LogP contribution in [0.1, 0.15) is 38.7 Å². The van der Waals surface area contributed by atoms with Crippen molar-refractivity contribution in [2.24, 2.45) is 0 Å². The van der Waals surface area contributed by atoms with E-state index in [1.54, 1.807) is 18.7 Å². The number of thioether (sulfide) groups is 1. The van der Waals surface area contributed by atoms with Gasteiger partial charge in [-0.2, -0.15) is 11.8 Å². The van der Waals surface area contributed by atoms with Crippen LogP contribution in [0.2, 0.25) is 5.02 Å². The fourth-order valence-corrected chi connectivity index (χ4v) is 3.82. The molecule has 0 aromatic heterocycles. The maximum absolute atomic E-state index is 11.6. The summed E-state index contributed by atoms with van der Waals surface area (Å²) in [6, 6.07) is 8.18. The van der Waals surface area contributed by atoms with E-state index in [2.05, 4.69) is 12.2 Å². The van der Waals surface area contributed by atoms with Gasteiger partial charge in [-0.1, -0.05) is 36.7 Å². The molecule has 1 saturated carbocycles. The summed E-state index contributed by atoms with van der Waals surface area (Å²) >= 11 is 7.90. The highest BCUT2D eigenvalue weighted by Gasteiger charge is 2.39. The second-order valence-corrected chi connectivity index (χ2v) is 7.81. The average Bonchev–Trinajstić information content (AvgIpc) is 3.21. The molecule has 0 spiro atoms. The summed E-state index contributed by atoms with van der Waals surface area (Å²) in [5.41, 5.74) is 0.261. The van der Waals surface area contributed by atoms with Crippen molar-refractivity contribution in [1.29, 1.82) is 0 Å². The third-order valence-corrected chi connectivity index (χ3v) is 5.33. The lowest BCUT2D eigenvalue weighted by Crippen LogP contribution is -2.52. The summed E-state index contributed by atoms with van der Waals surface area (Å²) < 4.78 is 0. The first-order valence-electron chi connectivity index (χ1n) is 7.27. The van der Waals surface area contributed by atoms with Gasteiger partial charge in [0.15, 0.2) is 0 Å². The largest absolute Gasteiger partial charge is 0.480 e. The van der Waals surface area contributed by atoms with E-state index in [-0.39, 0.29) is 5.25 Å². The van der Waals surface area contributed by atoms with Gasteiger partial charge in [0.25, 0.3) is 0 Å². The zero-order valence-electron chi connectivity index (χ0n) is 12.4. The van der Waals surface area contributed by atoms with Crippen LogP contribution in [0.25, 0.3) is 0 Å². The molecular weight excluding hydrogens is 306 g/mol. The van der Waals surface area contributed by atoms with Gasteiger partial charge in [0.2, 0.25) is 0 Å². The second-order valence-electron chi connectivity index (χ2n) is 5.97. The number of rotatable bonds is 8. The zero-order valence-corrected chi connectivity index (χ0v) is 14.0. The molecule has 2 rings (SSSR count). The molecule has 0 bridgehead atoms. The number of carbonyl (C=O) groups is 1. The molecule has 116 valence electrons. The lowest BCUT2D eigenvalue weighted by Gasteiger charge is -2.29. The highest BCUT2D eigenvalue weighted by atomic mass is 35.5. The molecule has 0 saturated heterocycles. The van der Waals surface area contributed by atoms with Crippen LogP contribution in [0.5, 0.6) is 0 Å². The molecule has 3 nitrogen and oxygen atoms in total. The third kappa shape index (κ3) is 4.90. The molecule has 0 heterocycles. The topological polar surface area (TPSA) is 49.3 Å². The first kappa shape index (κ1) is 16.7. The SMILES string of the molecule is CC(CC(C)(NC1CC1)C(=O)O)SCc1ccccc1Cl. The van der Waals surface area contributed by atoms with Gasteiger partial charge in [0.1, 0.15) is 5.54 Å². The summed E-state index contributed by atoms with van der Waals surface area (Å²) in [4.78, 5) is 11.6. The van der Waals surface area contributed by atoms with Crippen LogP contribution in [0.3, 0.4) is 0 Å². The fourth-order valence-electron chi connectivity index (χ4n) is 2.37. The minimum absolute atomic E-state index is 0.244. The Morgan fingerprint density at radius 1 is 1.52 bits per heavy atom. The molecule has 21 heavy (non-hydrogen) atoms. The molecule has 0 aliphatic heterocycles. The predicted molar refractivity (Wildman–Crippen MR) is 89.0 cm³/mol. The van der Waals surface area contributed by atoms with Gasteiger partial charge in [0, 0.05) is 22.1 Å². The molecule has 1 aliphatic rings. The number of nitrogens with one attached hydrogen (secondary N) is 1. The van der Waals surface area contributed by atoms with Gasteiger partial charge in [-0.05, 0) is 37.8 Å². The van der Waals surface area contributed by atoms with Crippen molar-refractivity contribution < 1.29 is 9.90 Å². The summed E-state index contributed by atoms with van der Waals surface area (Å²) in [5.74, 6) is 0.0413. The highest BCUT2D eigenvalue weighted by Crippen LogP contribution is 2.30. The number of hydrogen-bond acceptors (Lipinski definition) is 3. The number of carboxylic acid groups (broad SMARTS) is 1. The van der Waals surface area contributed by atoms with Gasteiger partial charge in [0.05, 0.1) is 0 Å². The number of benzene rings is 1. The Kier molecular flexibility index (Phi) is 5.58. The molecule has 2 N–H and O–H groups in total. The van der Waals surface area contributed by atoms with Gasteiger partial charge in [-0.3, -0.25) is 10.1 Å². The normalized spacial score (nSPS) is 19.0. The van der Waals surface area contributed by atoms with E-state index >= 15 is 0 Å². The van der Waals surface area contributed by atoms with Crippen molar-refractivity contribution >= 4 is 29.3 Å². The van der Waals surface area contributed by atoms with Crippen molar-refractivity contribution in [3.63, 3.8) is 0 Å². The van der Waals surface area contributed by atoms with Crippen LogP contribution < -0.4 is 5.32 Å². The zero-order chi connectivity index (χ0) is 15.5. The van der Waals surface area contributed by atoms with E-state index in [1.807, 2.05) is 24.3 Å². The Hall–Kier alpha value is -0.710. The maximum atomic E-state index is 11.6. The molecule has 0 radical (unpaired) electrons. The number of carboxylic acids is 1. The summed E-state index contributed by atoms with van der Waals surface area (Å²) in [6.45, 7) is 3.87. The Bertz CT molecular complexity index is 507. The molecule has 2 atom stereocenters.